The van der Waals surface area contributed by atoms with Crippen LogP contribution in [0.1, 0.15) is 0 Å². The summed E-state index contributed by atoms with van der Waals surface area (Å²) in [6.45, 7) is 0. The summed E-state index contributed by atoms with van der Waals surface area (Å²) in [5.41, 5.74) is 17.5. The highest BCUT2D eigenvalue weighted by atomic mass is 15.1. The van der Waals surface area contributed by atoms with Crippen LogP contribution in [0, 0.1) is 0 Å². The summed E-state index contributed by atoms with van der Waals surface area (Å²) in [6.07, 6.45) is 0. The smallest absolute Gasteiger partial charge is 0.0618 e. The minimum Gasteiger partial charge on any atom is -0.309 e. The van der Waals surface area contributed by atoms with Crippen LogP contribution in [0.5, 0.6) is 0 Å². The van der Waals surface area contributed by atoms with Crippen molar-refractivity contribution < 1.29 is 0 Å². The molecule has 11 rings (SSSR count). The number of fused-ring (bicyclic) bond motifs is 3. The predicted octanol–water partition coefficient (Wildman–Crippen LogP) is 17.5. The molecular formula is C62H43N. The Morgan fingerprint density at radius 3 is 1.17 bits per heavy atom. The molecule has 0 unspecified atom stereocenters. The summed E-state index contributed by atoms with van der Waals surface area (Å²) in [4.78, 5) is 2.48. The molecule has 0 N–H and O–H groups in total. The van der Waals surface area contributed by atoms with Crippen LogP contribution >= 0.6 is 0 Å². The lowest BCUT2D eigenvalue weighted by molar-refractivity contribution is 1.28. The highest BCUT2D eigenvalue weighted by Gasteiger charge is 2.25. The monoisotopic (exact) mass is 801 g/mol. The van der Waals surface area contributed by atoms with E-state index in [2.05, 4.69) is 266 Å². The Kier molecular flexibility index (Phi) is 9.97. The van der Waals surface area contributed by atoms with Crippen molar-refractivity contribution in [2.45, 2.75) is 0 Å². The maximum Gasteiger partial charge on any atom is 0.0618 e. The molecule has 0 aliphatic heterocycles. The molecule has 0 aromatic heterocycles. The Morgan fingerprint density at radius 2 is 0.603 bits per heavy atom. The Morgan fingerprint density at radius 1 is 0.222 bits per heavy atom. The van der Waals surface area contributed by atoms with Gasteiger partial charge in [0.15, 0.2) is 0 Å². The Hall–Kier alpha value is -8.26. The number of rotatable bonds is 9. The minimum atomic E-state index is 1.07. The highest BCUT2D eigenvalue weighted by Crippen LogP contribution is 2.51. The summed E-state index contributed by atoms with van der Waals surface area (Å²) >= 11 is 0. The Balaban J connectivity index is 1.18. The summed E-state index contributed by atoms with van der Waals surface area (Å²) in [5, 5.41) is 5.00. The second kappa shape index (κ2) is 16.7. The molecule has 63 heavy (non-hydrogen) atoms. The molecule has 0 amide bonds. The topological polar surface area (TPSA) is 3.24 Å². The van der Waals surface area contributed by atoms with E-state index in [9.17, 15) is 0 Å². The van der Waals surface area contributed by atoms with Crippen molar-refractivity contribution in [2.75, 3.05) is 4.90 Å². The fraction of sp³-hybridized carbons (Fsp3) is 0. The molecule has 1 nitrogen and oxygen atoms in total. The second-order valence-corrected chi connectivity index (χ2v) is 16.0. The van der Waals surface area contributed by atoms with E-state index in [0.717, 1.165) is 50.4 Å². The van der Waals surface area contributed by atoms with Crippen LogP contribution < -0.4 is 4.90 Å². The molecule has 0 aliphatic rings. The SMILES string of the molecule is c1ccc(-c2ccccc2N(c2ccc(-c3cccc4c3c(-c3ccccc3)c(-c3ccccc3)c3ccccc34)cc2)c2c(-c3ccccc3)cccc2-c2ccccc2)cc1. The average molecular weight is 802 g/mol. The van der Waals surface area contributed by atoms with Gasteiger partial charge >= 0.3 is 0 Å². The molecule has 0 fully saturated rings. The van der Waals surface area contributed by atoms with Gasteiger partial charge in [-0.3, -0.25) is 0 Å². The van der Waals surface area contributed by atoms with Gasteiger partial charge in [-0.1, -0.05) is 243 Å². The standard InChI is InChI=1S/C62H43N/c1-6-22-44(23-7-1)51-32-18-19-39-58(51)63(62-53(45-24-8-2-9-25-45)36-21-37-54(62)46-26-10-3-11-27-46)50-42-40-47(41-43-50)52-35-20-38-57-55-33-16-17-34-56(55)59(48-28-12-4-13-29-48)60(61(52)57)49-30-14-5-15-31-49/h1-43H. The normalized spacial score (nSPS) is 11.2. The number of para-hydroxylation sites is 2. The molecule has 0 bridgehead atoms. The Labute approximate surface area is 369 Å². The molecule has 0 aliphatic carbocycles. The molecule has 0 radical (unpaired) electrons. The van der Waals surface area contributed by atoms with Crippen LogP contribution in [-0.4, -0.2) is 0 Å². The third kappa shape index (κ3) is 6.96. The zero-order valence-corrected chi connectivity index (χ0v) is 34.8. The molecule has 11 aromatic carbocycles. The largest absolute Gasteiger partial charge is 0.309 e. The van der Waals surface area contributed by atoms with Gasteiger partial charge in [-0.05, 0) is 89.8 Å². The van der Waals surface area contributed by atoms with Crippen molar-refractivity contribution in [1.82, 2.24) is 0 Å². The molecule has 0 saturated heterocycles. The summed E-state index contributed by atoms with van der Waals surface area (Å²) in [7, 11) is 0. The van der Waals surface area contributed by atoms with Gasteiger partial charge in [0.25, 0.3) is 0 Å². The lowest BCUT2D eigenvalue weighted by atomic mass is 9.82. The average Bonchev–Trinajstić information content (AvgIpc) is 3.37. The fourth-order valence-electron chi connectivity index (χ4n) is 9.48. The Bertz CT molecular complexity index is 3280. The minimum absolute atomic E-state index is 1.07. The van der Waals surface area contributed by atoms with Crippen molar-refractivity contribution in [3.05, 3.63) is 261 Å². The van der Waals surface area contributed by atoms with Crippen LogP contribution in [0.15, 0.2) is 261 Å². The van der Waals surface area contributed by atoms with Crippen molar-refractivity contribution in [3.63, 3.8) is 0 Å². The molecule has 0 spiro atoms. The fourth-order valence-corrected chi connectivity index (χ4v) is 9.48. The van der Waals surface area contributed by atoms with Crippen LogP contribution in [0.2, 0.25) is 0 Å². The number of hydrogen-bond acceptors (Lipinski definition) is 1. The number of benzene rings is 11. The first-order valence-corrected chi connectivity index (χ1v) is 21.7. The lowest BCUT2D eigenvalue weighted by Gasteiger charge is -2.32. The van der Waals surface area contributed by atoms with Crippen molar-refractivity contribution >= 4 is 38.6 Å². The molecule has 1 heteroatoms. The van der Waals surface area contributed by atoms with Gasteiger partial charge in [0.05, 0.1) is 11.4 Å². The quantitative estimate of drug-likeness (QED) is 0.131. The predicted molar refractivity (Wildman–Crippen MR) is 269 cm³/mol. The van der Waals surface area contributed by atoms with E-state index < -0.39 is 0 Å². The number of nitrogens with zero attached hydrogens (tertiary/aromatic N) is 1. The van der Waals surface area contributed by atoms with E-state index in [4.69, 9.17) is 0 Å². The van der Waals surface area contributed by atoms with E-state index in [0.29, 0.717) is 0 Å². The lowest BCUT2D eigenvalue weighted by Crippen LogP contribution is -2.14. The van der Waals surface area contributed by atoms with E-state index in [1.165, 1.54) is 54.9 Å². The van der Waals surface area contributed by atoms with Crippen LogP contribution in [-0.2, 0) is 0 Å². The van der Waals surface area contributed by atoms with Gasteiger partial charge in [0.1, 0.15) is 0 Å². The number of hydrogen-bond donors (Lipinski definition) is 0. The first kappa shape index (κ1) is 37.7. The van der Waals surface area contributed by atoms with Crippen molar-refractivity contribution in [1.29, 1.82) is 0 Å². The van der Waals surface area contributed by atoms with Gasteiger partial charge in [0.2, 0.25) is 0 Å². The van der Waals surface area contributed by atoms with Crippen molar-refractivity contribution in [2.24, 2.45) is 0 Å². The van der Waals surface area contributed by atoms with Gasteiger partial charge < -0.3 is 4.90 Å². The van der Waals surface area contributed by atoms with Gasteiger partial charge in [0, 0.05) is 22.4 Å². The van der Waals surface area contributed by atoms with Gasteiger partial charge in [-0.15, -0.1) is 0 Å². The van der Waals surface area contributed by atoms with Crippen LogP contribution in [0.4, 0.5) is 17.1 Å². The highest BCUT2D eigenvalue weighted by molar-refractivity contribution is 6.25. The summed E-state index contributed by atoms with van der Waals surface area (Å²) < 4.78 is 0. The maximum atomic E-state index is 2.48. The van der Waals surface area contributed by atoms with Crippen molar-refractivity contribution in [3.8, 4) is 66.8 Å². The van der Waals surface area contributed by atoms with Crippen LogP contribution in [0.3, 0.4) is 0 Å². The molecule has 11 aromatic rings. The zero-order valence-electron chi connectivity index (χ0n) is 34.8. The third-order valence-electron chi connectivity index (χ3n) is 12.3. The molecule has 0 atom stereocenters. The van der Waals surface area contributed by atoms with Gasteiger partial charge in [-0.25, -0.2) is 0 Å². The maximum absolute atomic E-state index is 2.48. The van der Waals surface area contributed by atoms with E-state index in [-0.39, 0.29) is 0 Å². The number of anilines is 3. The summed E-state index contributed by atoms with van der Waals surface area (Å²) in [5.74, 6) is 0. The molecular weight excluding hydrogens is 759 g/mol. The molecule has 0 saturated carbocycles. The first-order valence-electron chi connectivity index (χ1n) is 21.7. The molecule has 0 heterocycles. The van der Waals surface area contributed by atoms with E-state index in [1.54, 1.807) is 0 Å². The first-order chi connectivity index (χ1) is 31.3. The summed E-state index contributed by atoms with van der Waals surface area (Å²) in [6, 6.07) is 94.7. The zero-order chi connectivity index (χ0) is 42.0. The van der Waals surface area contributed by atoms with E-state index in [1.807, 2.05) is 0 Å². The molecule has 296 valence electrons. The second-order valence-electron chi connectivity index (χ2n) is 16.0. The van der Waals surface area contributed by atoms with E-state index >= 15 is 0 Å². The van der Waals surface area contributed by atoms with Crippen LogP contribution in [0.25, 0.3) is 88.3 Å². The van der Waals surface area contributed by atoms with Gasteiger partial charge in [-0.2, -0.15) is 0 Å². The third-order valence-corrected chi connectivity index (χ3v) is 12.3.